The third-order valence-electron chi connectivity index (χ3n) is 3.47. The molecule has 1 unspecified atom stereocenters. The van der Waals surface area contributed by atoms with Crippen molar-refractivity contribution in [2.75, 3.05) is 6.67 Å². The lowest BCUT2D eigenvalue weighted by atomic mass is 9.96. The number of aryl methyl sites for hydroxylation is 1. The van der Waals surface area contributed by atoms with Gasteiger partial charge in [0, 0.05) is 11.9 Å². The smallest absolute Gasteiger partial charge is 0.123 e. The monoisotopic (exact) mass is 218 g/mol. The quantitative estimate of drug-likeness (QED) is 0.795. The lowest BCUT2D eigenvalue weighted by Crippen LogP contribution is -2.15. The Balaban J connectivity index is 1.80. The van der Waals surface area contributed by atoms with Gasteiger partial charge in [0.2, 0.25) is 0 Å². The highest BCUT2D eigenvalue weighted by molar-refractivity contribution is 5.36. The number of allylic oxidation sites excluding steroid dienone is 1. The zero-order chi connectivity index (χ0) is 11.0. The van der Waals surface area contributed by atoms with Crippen LogP contribution in [0.3, 0.4) is 0 Å². The second-order valence-corrected chi connectivity index (χ2v) is 4.51. The zero-order valence-electron chi connectivity index (χ0n) is 9.09. The maximum Gasteiger partial charge on any atom is 0.123 e. The molecule has 0 fully saturated rings. The maximum absolute atomic E-state index is 13.1. The van der Waals surface area contributed by atoms with Gasteiger partial charge >= 0.3 is 0 Å². The first-order valence-electron chi connectivity index (χ1n) is 5.77. The van der Waals surface area contributed by atoms with Crippen LogP contribution in [0.5, 0.6) is 0 Å². The van der Waals surface area contributed by atoms with Crippen LogP contribution >= 0.6 is 0 Å². The van der Waals surface area contributed by atoms with Crippen LogP contribution in [-0.2, 0) is 6.42 Å². The molecule has 0 saturated heterocycles. The molecule has 16 heavy (non-hydrogen) atoms. The minimum Gasteiger partial charge on any atom is -0.372 e. The third-order valence-corrected chi connectivity index (χ3v) is 3.47. The summed E-state index contributed by atoms with van der Waals surface area (Å²) in [6.45, 7) is 0.832. The topological polar surface area (TPSA) is 24.1 Å². The van der Waals surface area contributed by atoms with Crippen molar-refractivity contribution in [2.45, 2.75) is 25.2 Å². The van der Waals surface area contributed by atoms with E-state index < -0.39 is 0 Å². The van der Waals surface area contributed by atoms with E-state index in [1.165, 1.54) is 16.8 Å². The van der Waals surface area contributed by atoms with E-state index in [9.17, 15) is 4.39 Å². The minimum absolute atomic E-state index is 0.112. The molecule has 1 aromatic rings. The first kappa shape index (κ1) is 9.70. The molecule has 2 nitrogen and oxygen atoms in total. The van der Waals surface area contributed by atoms with E-state index in [4.69, 9.17) is 0 Å². The summed E-state index contributed by atoms with van der Waals surface area (Å²) in [5.41, 5.74) is 3.79. The standard InChI is InChI=1S/C13H15FN2/c14-11-3-4-13-9(5-11)1-2-10(13)6-12-7-15-8-16-12/h3-5,7,10,15-16H,1-2,6,8H2. The van der Waals surface area contributed by atoms with Crippen LogP contribution in [0.4, 0.5) is 4.39 Å². The van der Waals surface area contributed by atoms with Crippen LogP contribution in [0.25, 0.3) is 0 Å². The summed E-state index contributed by atoms with van der Waals surface area (Å²) in [5.74, 6) is 0.438. The SMILES string of the molecule is Fc1ccc2c(c1)CCC2CC1=CNCN1. The van der Waals surface area contributed by atoms with Crippen molar-refractivity contribution in [2.24, 2.45) is 0 Å². The molecule has 84 valence electrons. The van der Waals surface area contributed by atoms with Crippen LogP contribution in [0.1, 0.15) is 29.9 Å². The summed E-state index contributed by atoms with van der Waals surface area (Å²) in [6.07, 6.45) is 5.23. The molecule has 0 radical (unpaired) electrons. The molecular weight excluding hydrogens is 203 g/mol. The first-order chi connectivity index (χ1) is 7.83. The normalized spacial score (nSPS) is 22.3. The van der Waals surface area contributed by atoms with Gasteiger partial charge in [-0.05, 0) is 48.4 Å². The van der Waals surface area contributed by atoms with E-state index in [1.54, 1.807) is 12.1 Å². The molecule has 0 amide bonds. The number of nitrogens with one attached hydrogen (secondary N) is 2. The first-order valence-corrected chi connectivity index (χ1v) is 5.77. The molecule has 3 rings (SSSR count). The largest absolute Gasteiger partial charge is 0.372 e. The van der Waals surface area contributed by atoms with Crippen molar-refractivity contribution < 1.29 is 4.39 Å². The van der Waals surface area contributed by atoms with Crippen molar-refractivity contribution in [1.82, 2.24) is 10.6 Å². The van der Waals surface area contributed by atoms with Crippen LogP contribution < -0.4 is 10.6 Å². The highest BCUT2D eigenvalue weighted by atomic mass is 19.1. The maximum atomic E-state index is 13.1. The molecule has 1 aromatic carbocycles. The predicted octanol–water partition coefficient (Wildman–Crippen LogP) is 2.24. The van der Waals surface area contributed by atoms with Gasteiger partial charge in [0.25, 0.3) is 0 Å². The second-order valence-electron chi connectivity index (χ2n) is 4.51. The van der Waals surface area contributed by atoms with Crippen LogP contribution in [0, 0.1) is 5.82 Å². The Bertz CT molecular complexity index is 440. The molecule has 0 saturated carbocycles. The van der Waals surface area contributed by atoms with Gasteiger partial charge < -0.3 is 10.6 Å². The highest BCUT2D eigenvalue weighted by Crippen LogP contribution is 2.37. The Hall–Kier alpha value is -1.51. The summed E-state index contributed by atoms with van der Waals surface area (Å²) in [4.78, 5) is 0. The summed E-state index contributed by atoms with van der Waals surface area (Å²) >= 11 is 0. The predicted molar refractivity (Wildman–Crippen MR) is 61.3 cm³/mol. The summed E-state index contributed by atoms with van der Waals surface area (Å²) < 4.78 is 13.1. The number of benzene rings is 1. The van der Waals surface area contributed by atoms with Crippen LogP contribution in [-0.4, -0.2) is 6.67 Å². The van der Waals surface area contributed by atoms with E-state index in [1.807, 2.05) is 12.3 Å². The Labute approximate surface area is 94.5 Å². The van der Waals surface area contributed by atoms with Gasteiger partial charge in [-0.25, -0.2) is 4.39 Å². The highest BCUT2D eigenvalue weighted by Gasteiger charge is 2.24. The average Bonchev–Trinajstić information content (AvgIpc) is 2.89. The molecule has 1 heterocycles. The lowest BCUT2D eigenvalue weighted by Gasteiger charge is -2.12. The molecule has 1 atom stereocenters. The van der Waals surface area contributed by atoms with Crippen LogP contribution in [0.15, 0.2) is 30.1 Å². The third kappa shape index (κ3) is 1.66. The molecule has 1 aliphatic carbocycles. The van der Waals surface area contributed by atoms with Gasteiger partial charge in [0.05, 0.1) is 6.67 Å². The molecule has 0 bridgehead atoms. The summed E-state index contributed by atoms with van der Waals surface area (Å²) in [5, 5.41) is 6.45. The van der Waals surface area contributed by atoms with Crippen molar-refractivity contribution in [3.63, 3.8) is 0 Å². The fourth-order valence-electron chi connectivity index (χ4n) is 2.67. The molecule has 0 aromatic heterocycles. The molecule has 0 spiro atoms. The van der Waals surface area contributed by atoms with Gasteiger partial charge in [-0.3, -0.25) is 0 Å². The van der Waals surface area contributed by atoms with E-state index >= 15 is 0 Å². The van der Waals surface area contributed by atoms with E-state index in [2.05, 4.69) is 10.6 Å². The Kier molecular flexibility index (Phi) is 2.31. The van der Waals surface area contributed by atoms with Crippen molar-refractivity contribution >= 4 is 0 Å². The summed E-state index contributed by atoms with van der Waals surface area (Å²) in [6, 6.07) is 5.21. The number of rotatable bonds is 2. The van der Waals surface area contributed by atoms with Gasteiger partial charge in [-0.2, -0.15) is 0 Å². The Morgan fingerprint density at radius 2 is 2.31 bits per heavy atom. The zero-order valence-corrected chi connectivity index (χ0v) is 9.09. The van der Waals surface area contributed by atoms with Crippen LogP contribution in [0.2, 0.25) is 0 Å². The fourth-order valence-corrected chi connectivity index (χ4v) is 2.67. The van der Waals surface area contributed by atoms with E-state index in [0.717, 1.165) is 25.9 Å². The molecule has 2 N–H and O–H groups in total. The number of hydrogen-bond acceptors (Lipinski definition) is 2. The Morgan fingerprint density at radius 3 is 3.12 bits per heavy atom. The average molecular weight is 218 g/mol. The second kappa shape index (κ2) is 3.81. The lowest BCUT2D eigenvalue weighted by molar-refractivity contribution is 0.625. The number of hydrogen-bond donors (Lipinski definition) is 2. The van der Waals surface area contributed by atoms with E-state index in [-0.39, 0.29) is 5.82 Å². The van der Waals surface area contributed by atoms with Gasteiger partial charge in [0.1, 0.15) is 5.82 Å². The molecular formula is C13H15FN2. The van der Waals surface area contributed by atoms with E-state index in [0.29, 0.717) is 5.92 Å². The number of fused-ring (bicyclic) bond motifs is 1. The molecule has 1 aliphatic heterocycles. The number of halogens is 1. The molecule has 2 aliphatic rings. The minimum atomic E-state index is -0.112. The molecule has 3 heteroatoms. The van der Waals surface area contributed by atoms with Crippen molar-refractivity contribution in [1.29, 1.82) is 0 Å². The van der Waals surface area contributed by atoms with Gasteiger partial charge in [0.15, 0.2) is 0 Å². The Morgan fingerprint density at radius 1 is 1.38 bits per heavy atom. The van der Waals surface area contributed by atoms with Gasteiger partial charge in [-0.1, -0.05) is 6.07 Å². The van der Waals surface area contributed by atoms with Crippen molar-refractivity contribution in [3.05, 3.63) is 47.0 Å². The summed E-state index contributed by atoms with van der Waals surface area (Å²) in [7, 11) is 0. The van der Waals surface area contributed by atoms with Crippen molar-refractivity contribution in [3.8, 4) is 0 Å². The van der Waals surface area contributed by atoms with Gasteiger partial charge in [-0.15, -0.1) is 0 Å². The fraction of sp³-hybridized carbons (Fsp3) is 0.385.